The van der Waals surface area contributed by atoms with Crippen LogP contribution < -0.4 is 0 Å². The monoisotopic (exact) mass is 195 g/mol. The maximum Gasteiger partial charge on any atom is 0.156 e. The second kappa shape index (κ2) is 3.79. The lowest BCUT2D eigenvalue weighted by molar-refractivity contribution is 0.0390. The highest BCUT2D eigenvalue weighted by molar-refractivity contribution is 5.99. The largest absolute Gasteiger partial charge is 0.392 e. The molecular weight excluding hydrogens is 182 g/mol. The van der Waals surface area contributed by atoms with Crippen LogP contribution in [-0.4, -0.2) is 33.1 Å². The molecule has 1 N–H and O–H groups in total. The zero-order chi connectivity index (χ0) is 9.97. The zero-order valence-corrected chi connectivity index (χ0v) is 8.05. The number of aliphatic hydroxyl groups excluding tert-OH is 1. The lowest BCUT2D eigenvalue weighted by atomic mass is 10.1. The first-order valence-electron chi connectivity index (χ1n) is 4.69. The third-order valence-electron chi connectivity index (χ3n) is 2.29. The number of aliphatic hydroxyl groups is 1. The molecule has 2 heterocycles. The zero-order valence-electron chi connectivity index (χ0n) is 8.05. The normalized spacial score (nSPS) is 20.7. The first-order valence-corrected chi connectivity index (χ1v) is 4.69. The highest BCUT2D eigenvalue weighted by atomic mass is 16.6. The van der Waals surface area contributed by atoms with Gasteiger partial charge in [-0.15, -0.1) is 0 Å². The number of hydrogen-bond donors (Lipinski definition) is 1. The van der Waals surface area contributed by atoms with Crippen LogP contribution in [0, 0.1) is 0 Å². The van der Waals surface area contributed by atoms with Gasteiger partial charge in [0.15, 0.2) is 6.10 Å². The molecule has 0 bridgehead atoms. The molecule has 5 nitrogen and oxygen atoms in total. The number of aryl methyl sites for hydroxylation is 1. The average molecular weight is 195 g/mol. The number of imidazole rings is 1. The van der Waals surface area contributed by atoms with Crippen LogP contribution in [0.25, 0.3) is 0 Å². The predicted octanol–water partition coefficient (Wildman–Crippen LogP) is 0.388. The van der Waals surface area contributed by atoms with Gasteiger partial charge in [-0.05, 0) is 6.92 Å². The SMILES string of the molecule is CCn1cncc1C1=NOC(CO)C1. The van der Waals surface area contributed by atoms with Gasteiger partial charge in [0, 0.05) is 13.0 Å². The second-order valence-electron chi connectivity index (χ2n) is 3.22. The molecule has 1 aliphatic rings. The molecule has 0 saturated carbocycles. The Hall–Kier alpha value is -1.36. The molecule has 14 heavy (non-hydrogen) atoms. The fraction of sp³-hybridized carbons (Fsp3) is 0.556. The summed E-state index contributed by atoms with van der Waals surface area (Å²) >= 11 is 0. The van der Waals surface area contributed by atoms with E-state index in [1.807, 2.05) is 11.5 Å². The number of oxime groups is 1. The Balaban J connectivity index is 2.17. The van der Waals surface area contributed by atoms with E-state index in [9.17, 15) is 0 Å². The van der Waals surface area contributed by atoms with Crippen LogP contribution in [0.1, 0.15) is 19.0 Å². The molecule has 1 aromatic rings. The average Bonchev–Trinajstić information content (AvgIpc) is 2.85. The minimum absolute atomic E-state index is 0.00720. The summed E-state index contributed by atoms with van der Waals surface area (Å²) in [5, 5.41) is 12.8. The molecule has 1 unspecified atom stereocenters. The Morgan fingerprint density at radius 2 is 2.57 bits per heavy atom. The molecule has 0 spiro atoms. The van der Waals surface area contributed by atoms with Crippen LogP contribution in [-0.2, 0) is 11.4 Å². The standard InChI is InChI=1S/C9H13N3O2/c1-2-12-6-10-4-9(12)8-3-7(5-13)14-11-8/h4,6-7,13H,2-3,5H2,1H3. The van der Waals surface area contributed by atoms with Gasteiger partial charge in [0.05, 0.1) is 24.8 Å². The Labute approximate surface area is 82.0 Å². The fourth-order valence-corrected chi connectivity index (χ4v) is 1.49. The van der Waals surface area contributed by atoms with Crippen molar-refractivity contribution in [2.24, 2.45) is 5.16 Å². The van der Waals surface area contributed by atoms with Crippen LogP contribution in [0.3, 0.4) is 0 Å². The van der Waals surface area contributed by atoms with Crippen LogP contribution >= 0.6 is 0 Å². The molecule has 0 amide bonds. The molecule has 1 atom stereocenters. The summed E-state index contributed by atoms with van der Waals surface area (Å²) < 4.78 is 2.00. The van der Waals surface area contributed by atoms with Crippen molar-refractivity contribution in [3.8, 4) is 0 Å². The Kier molecular flexibility index (Phi) is 2.49. The van der Waals surface area contributed by atoms with Gasteiger partial charge >= 0.3 is 0 Å². The van der Waals surface area contributed by atoms with Crippen molar-refractivity contribution >= 4 is 5.71 Å². The van der Waals surface area contributed by atoms with Gasteiger partial charge in [0.25, 0.3) is 0 Å². The smallest absolute Gasteiger partial charge is 0.156 e. The lowest BCUT2D eigenvalue weighted by Crippen LogP contribution is -2.14. The van der Waals surface area contributed by atoms with Crippen molar-refractivity contribution in [1.29, 1.82) is 0 Å². The van der Waals surface area contributed by atoms with Crippen LogP contribution in [0.5, 0.6) is 0 Å². The molecule has 0 aromatic carbocycles. The molecule has 1 aromatic heterocycles. The van der Waals surface area contributed by atoms with E-state index in [0.717, 1.165) is 18.0 Å². The Morgan fingerprint density at radius 1 is 1.71 bits per heavy atom. The van der Waals surface area contributed by atoms with Gasteiger partial charge in [0.1, 0.15) is 5.71 Å². The third-order valence-corrected chi connectivity index (χ3v) is 2.29. The van der Waals surface area contributed by atoms with Crippen molar-refractivity contribution in [3.05, 3.63) is 18.2 Å². The quantitative estimate of drug-likeness (QED) is 0.758. The molecule has 0 aliphatic carbocycles. The first kappa shape index (κ1) is 9.21. The highest BCUT2D eigenvalue weighted by Crippen LogP contribution is 2.15. The van der Waals surface area contributed by atoms with Gasteiger partial charge < -0.3 is 14.5 Å². The topological polar surface area (TPSA) is 59.6 Å². The van der Waals surface area contributed by atoms with E-state index in [4.69, 9.17) is 9.94 Å². The summed E-state index contributed by atoms with van der Waals surface area (Å²) in [6, 6.07) is 0. The number of hydrogen-bond acceptors (Lipinski definition) is 4. The summed E-state index contributed by atoms with van der Waals surface area (Å²) in [6.45, 7) is 2.91. The number of aromatic nitrogens is 2. The van der Waals surface area contributed by atoms with E-state index in [1.54, 1.807) is 12.5 Å². The minimum Gasteiger partial charge on any atom is -0.392 e. The fourth-order valence-electron chi connectivity index (χ4n) is 1.49. The third kappa shape index (κ3) is 1.50. The summed E-state index contributed by atoms with van der Waals surface area (Å²) in [4.78, 5) is 9.09. The lowest BCUT2D eigenvalue weighted by Gasteiger charge is -2.03. The maximum atomic E-state index is 8.89. The second-order valence-corrected chi connectivity index (χ2v) is 3.22. The summed E-state index contributed by atoms with van der Waals surface area (Å²) in [5.74, 6) is 0. The molecule has 1 aliphatic heterocycles. The van der Waals surface area contributed by atoms with Crippen molar-refractivity contribution in [2.75, 3.05) is 6.61 Å². The maximum absolute atomic E-state index is 8.89. The Bertz CT molecular complexity index is 346. The molecule has 76 valence electrons. The molecule has 5 heteroatoms. The van der Waals surface area contributed by atoms with Crippen molar-refractivity contribution in [1.82, 2.24) is 9.55 Å². The predicted molar refractivity (Wildman–Crippen MR) is 51.0 cm³/mol. The summed E-state index contributed by atoms with van der Waals surface area (Å²) in [5.41, 5.74) is 1.84. The summed E-state index contributed by atoms with van der Waals surface area (Å²) in [7, 11) is 0. The van der Waals surface area contributed by atoms with Crippen molar-refractivity contribution < 1.29 is 9.94 Å². The van der Waals surface area contributed by atoms with E-state index in [-0.39, 0.29) is 12.7 Å². The van der Waals surface area contributed by atoms with Gasteiger partial charge in [-0.3, -0.25) is 0 Å². The Morgan fingerprint density at radius 3 is 3.21 bits per heavy atom. The minimum atomic E-state index is -0.190. The first-order chi connectivity index (χ1) is 6.85. The van der Waals surface area contributed by atoms with Gasteiger partial charge in [-0.2, -0.15) is 0 Å². The van der Waals surface area contributed by atoms with E-state index in [2.05, 4.69) is 10.1 Å². The van der Waals surface area contributed by atoms with Crippen molar-refractivity contribution in [3.63, 3.8) is 0 Å². The van der Waals surface area contributed by atoms with Crippen LogP contribution in [0.15, 0.2) is 17.7 Å². The van der Waals surface area contributed by atoms with Crippen molar-refractivity contribution in [2.45, 2.75) is 26.0 Å². The molecule has 0 saturated heterocycles. The molecular formula is C9H13N3O2. The highest BCUT2D eigenvalue weighted by Gasteiger charge is 2.23. The van der Waals surface area contributed by atoms with E-state index in [1.165, 1.54) is 0 Å². The van der Waals surface area contributed by atoms with E-state index < -0.39 is 0 Å². The van der Waals surface area contributed by atoms with Gasteiger partial charge in [-0.1, -0.05) is 5.16 Å². The summed E-state index contributed by atoms with van der Waals surface area (Å²) in [6.07, 6.45) is 4.00. The molecule has 0 radical (unpaired) electrons. The van der Waals surface area contributed by atoms with Gasteiger partial charge in [0.2, 0.25) is 0 Å². The van der Waals surface area contributed by atoms with E-state index in [0.29, 0.717) is 6.42 Å². The van der Waals surface area contributed by atoms with E-state index >= 15 is 0 Å². The number of nitrogens with zero attached hydrogens (tertiary/aromatic N) is 3. The van der Waals surface area contributed by atoms with Crippen LogP contribution in [0.4, 0.5) is 0 Å². The van der Waals surface area contributed by atoms with Crippen LogP contribution in [0.2, 0.25) is 0 Å². The number of rotatable bonds is 3. The molecule has 0 fully saturated rings. The molecule has 2 rings (SSSR count). The van der Waals surface area contributed by atoms with Gasteiger partial charge in [-0.25, -0.2) is 4.98 Å².